The zero-order valence-electron chi connectivity index (χ0n) is 18.1. The second-order valence-electron chi connectivity index (χ2n) is 8.10. The molecule has 0 fully saturated rings. The quantitative estimate of drug-likeness (QED) is 0.309. The van der Waals surface area contributed by atoms with Crippen molar-refractivity contribution in [3.63, 3.8) is 0 Å². The van der Waals surface area contributed by atoms with Crippen molar-refractivity contribution in [1.29, 1.82) is 0 Å². The summed E-state index contributed by atoms with van der Waals surface area (Å²) in [5.74, 6) is 0.639. The van der Waals surface area contributed by atoms with E-state index in [0.717, 1.165) is 25.8 Å². The molecule has 0 aromatic rings. The van der Waals surface area contributed by atoms with Crippen LogP contribution in [0.25, 0.3) is 0 Å². The lowest BCUT2D eigenvalue weighted by atomic mass is 9.96. The molecule has 26 heavy (non-hydrogen) atoms. The number of hydrogen-bond donors (Lipinski definition) is 1. The molecule has 0 aromatic carbocycles. The summed E-state index contributed by atoms with van der Waals surface area (Å²) in [6.07, 6.45) is 15.5. The first kappa shape index (κ1) is 25.9. The zero-order chi connectivity index (χ0) is 19.7. The van der Waals surface area contributed by atoms with E-state index in [0.29, 0.717) is 18.2 Å². The summed E-state index contributed by atoms with van der Waals surface area (Å²) in [4.78, 5) is 2.09. The van der Waals surface area contributed by atoms with E-state index in [1.807, 2.05) is 14.1 Å². The molecule has 0 heterocycles. The van der Waals surface area contributed by atoms with Gasteiger partial charge in [0.25, 0.3) is 0 Å². The van der Waals surface area contributed by atoms with Gasteiger partial charge in [-0.3, -0.25) is 0 Å². The zero-order valence-corrected chi connectivity index (χ0v) is 18.9. The normalized spacial score (nSPS) is 13.4. The molecular weight excluding hydrogens is 344 g/mol. The van der Waals surface area contributed by atoms with Crippen molar-refractivity contribution >= 4 is 10.0 Å². The Hall–Kier alpha value is -0.130. The maximum atomic E-state index is 12.4. The van der Waals surface area contributed by atoms with E-state index >= 15 is 0 Å². The third-order valence-electron chi connectivity index (χ3n) is 4.99. The molecule has 0 saturated heterocycles. The Morgan fingerprint density at radius 2 is 1.27 bits per heavy atom. The average molecular weight is 391 g/mol. The summed E-state index contributed by atoms with van der Waals surface area (Å²) in [6.45, 7) is 5.93. The van der Waals surface area contributed by atoms with Gasteiger partial charge < -0.3 is 4.90 Å². The third-order valence-corrected chi connectivity index (χ3v) is 6.55. The molecule has 0 saturated carbocycles. The van der Waals surface area contributed by atoms with Gasteiger partial charge in [0.15, 0.2) is 0 Å². The van der Waals surface area contributed by atoms with Crippen LogP contribution in [-0.2, 0) is 10.0 Å². The molecule has 0 radical (unpaired) electrons. The summed E-state index contributed by atoms with van der Waals surface area (Å²) >= 11 is 0. The fraction of sp³-hybridized carbons (Fsp3) is 1.00. The molecule has 4 nitrogen and oxygen atoms in total. The topological polar surface area (TPSA) is 49.4 Å². The number of nitrogens with one attached hydrogen (secondary N) is 1. The predicted octanol–water partition coefficient (Wildman–Crippen LogP) is 5.19. The molecule has 0 spiro atoms. The highest BCUT2D eigenvalue weighted by Gasteiger charge is 2.18. The molecule has 158 valence electrons. The summed E-state index contributed by atoms with van der Waals surface area (Å²) in [7, 11) is 0.889. The lowest BCUT2D eigenvalue weighted by Gasteiger charge is -2.18. The molecule has 1 N–H and O–H groups in total. The summed E-state index contributed by atoms with van der Waals surface area (Å²) in [5, 5.41) is 0. The van der Waals surface area contributed by atoms with Gasteiger partial charge in [-0.15, -0.1) is 0 Å². The van der Waals surface area contributed by atoms with Gasteiger partial charge in [0.1, 0.15) is 0 Å². The monoisotopic (exact) mass is 390 g/mol. The van der Waals surface area contributed by atoms with E-state index in [1.165, 1.54) is 64.2 Å². The second-order valence-corrected chi connectivity index (χ2v) is 9.96. The van der Waals surface area contributed by atoms with Crippen LogP contribution in [0.4, 0.5) is 0 Å². The summed E-state index contributed by atoms with van der Waals surface area (Å²) in [5.41, 5.74) is 0. The van der Waals surface area contributed by atoms with Gasteiger partial charge in [-0.05, 0) is 45.8 Å². The minimum atomic E-state index is -3.14. The maximum Gasteiger partial charge on any atom is 0.211 e. The fourth-order valence-electron chi connectivity index (χ4n) is 3.38. The molecule has 1 unspecified atom stereocenters. The predicted molar refractivity (Wildman–Crippen MR) is 115 cm³/mol. The van der Waals surface area contributed by atoms with Crippen LogP contribution in [0.3, 0.4) is 0 Å². The van der Waals surface area contributed by atoms with Gasteiger partial charge in [0, 0.05) is 6.54 Å². The molecule has 0 amide bonds. The molecule has 0 aliphatic heterocycles. The van der Waals surface area contributed by atoms with E-state index in [1.54, 1.807) is 0 Å². The average Bonchev–Trinajstić information content (AvgIpc) is 2.58. The van der Waals surface area contributed by atoms with Gasteiger partial charge in [-0.25, -0.2) is 13.1 Å². The summed E-state index contributed by atoms with van der Waals surface area (Å²) < 4.78 is 27.7. The minimum Gasteiger partial charge on any atom is -0.309 e. The van der Waals surface area contributed by atoms with Crippen molar-refractivity contribution in [2.24, 2.45) is 5.92 Å². The van der Waals surface area contributed by atoms with E-state index in [2.05, 4.69) is 23.5 Å². The number of nitrogens with zero attached hydrogens (tertiary/aromatic N) is 1. The maximum absolute atomic E-state index is 12.4. The van der Waals surface area contributed by atoms with Crippen LogP contribution in [0.2, 0.25) is 0 Å². The molecule has 0 rings (SSSR count). The molecule has 5 heteroatoms. The first-order valence-corrected chi connectivity index (χ1v) is 12.7. The van der Waals surface area contributed by atoms with E-state index < -0.39 is 10.0 Å². The van der Waals surface area contributed by atoms with Crippen LogP contribution in [0.15, 0.2) is 0 Å². The van der Waals surface area contributed by atoms with Crippen molar-refractivity contribution in [2.45, 2.75) is 97.3 Å². The van der Waals surface area contributed by atoms with Crippen molar-refractivity contribution in [2.75, 3.05) is 32.9 Å². The van der Waals surface area contributed by atoms with Crippen LogP contribution in [0.5, 0.6) is 0 Å². The van der Waals surface area contributed by atoms with Crippen LogP contribution < -0.4 is 4.72 Å². The van der Waals surface area contributed by atoms with Crippen LogP contribution in [0.1, 0.15) is 97.3 Å². The Labute approximate surface area is 164 Å². The fourth-order valence-corrected chi connectivity index (χ4v) is 4.90. The largest absolute Gasteiger partial charge is 0.309 e. The third kappa shape index (κ3) is 17.3. The highest BCUT2D eigenvalue weighted by molar-refractivity contribution is 7.89. The minimum absolute atomic E-state index is 0.316. The number of unbranched alkanes of at least 4 members (excludes halogenated alkanes) is 8. The Bertz CT molecular complexity index is 397. The molecule has 0 aliphatic carbocycles. The molecule has 1 atom stereocenters. The van der Waals surface area contributed by atoms with Crippen LogP contribution >= 0.6 is 0 Å². The number of sulfonamides is 1. The number of rotatable bonds is 19. The van der Waals surface area contributed by atoms with Gasteiger partial charge in [0.2, 0.25) is 10.0 Å². The van der Waals surface area contributed by atoms with Crippen molar-refractivity contribution in [1.82, 2.24) is 9.62 Å². The number of hydrogen-bond acceptors (Lipinski definition) is 3. The van der Waals surface area contributed by atoms with Gasteiger partial charge in [0.05, 0.1) is 5.75 Å². The Morgan fingerprint density at radius 3 is 1.81 bits per heavy atom. The molecule has 0 bridgehead atoms. The molecular formula is C21H46N2O2S. The smallest absolute Gasteiger partial charge is 0.211 e. The first-order chi connectivity index (χ1) is 12.4. The van der Waals surface area contributed by atoms with E-state index in [9.17, 15) is 8.42 Å². The lowest BCUT2D eigenvalue weighted by molar-refractivity contribution is 0.399. The highest BCUT2D eigenvalue weighted by atomic mass is 32.2. The van der Waals surface area contributed by atoms with Crippen molar-refractivity contribution in [3.8, 4) is 0 Å². The Morgan fingerprint density at radius 1 is 0.769 bits per heavy atom. The van der Waals surface area contributed by atoms with Gasteiger partial charge in [-0.1, -0.05) is 78.1 Å². The van der Waals surface area contributed by atoms with E-state index in [4.69, 9.17) is 0 Å². The van der Waals surface area contributed by atoms with Crippen LogP contribution in [0, 0.1) is 5.92 Å². The Kier molecular flexibility index (Phi) is 16.9. The van der Waals surface area contributed by atoms with Gasteiger partial charge >= 0.3 is 0 Å². The van der Waals surface area contributed by atoms with E-state index in [-0.39, 0.29) is 0 Å². The highest BCUT2D eigenvalue weighted by Crippen LogP contribution is 2.20. The molecule has 0 aliphatic rings. The first-order valence-electron chi connectivity index (χ1n) is 11.0. The van der Waals surface area contributed by atoms with Crippen LogP contribution in [-0.4, -0.2) is 46.3 Å². The lowest BCUT2D eigenvalue weighted by Crippen LogP contribution is -2.32. The van der Waals surface area contributed by atoms with Gasteiger partial charge in [-0.2, -0.15) is 0 Å². The van der Waals surface area contributed by atoms with Crippen molar-refractivity contribution < 1.29 is 8.42 Å². The standard InChI is InChI=1S/C21H46N2O2S/c1-5-7-9-11-12-14-17-21(16-13-10-8-6-2)20-26(24,25)22-18-15-19-23(3)4/h21-22H,5-20H2,1-4H3. The Balaban J connectivity index is 4.24. The second kappa shape index (κ2) is 17.0. The SMILES string of the molecule is CCCCCCCCC(CCCCCC)CS(=O)(=O)NCCCN(C)C. The van der Waals surface area contributed by atoms with Crippen molar-refractivity contribution in [3.05, 3.63) is 0 Å². The summed E-state index contributed by atoms with van der Waals surface area (Å²) in [6, 6.07) is 0. The molecule has 0 aromatic heterocycles.